The van der Waals surface area contributed by atoms with Crippen LogP contribution < -0.4 is 20.5 Å². The third-order valence-electron chi connectivity index (χ3n) is 4.16. The van der Waals surface area contributed by atoms with Gasteiger partial charge in [-0.25, -0.2) is 9.97 Å². The van der Waals surface area contributed by atoms with Crippen LogP contribution in [0.2, 0.25) is 0 Å². The summed E-state index contributed by atoms with van der Waals surface area (Å²) in [5.74, 6) is 2.11. The van der Waals surface area contributed by atoms with Crippen LogP contribution >= 0.6 is 0 Å². The van der Waals surface area contributed by atoms with Gasteiger partial charge in [-0.2, -0.15) is 10.4 Å². The van der Waals surface area contributed by atoms with Gasteiger partial charge in [-0.3, -0.25) is 10.1 Å². The highest BCUT2D eigenvalue weighted by molar-refractivity contribution is 5.77. The fourth-order valence-electron chi connectivity index (χ4n) is 2.88. The molecule has 0 fully saturated rings. The molecule has 0 saturated carbocycles. The monoisotopic (exact) mass is 378 g/mol. The molecule has 4 N–H and O–H groups in total. The second-order valence-electron chi connectivity index (χ2n) is 6.02. The minimum absolute atomic E-state index is 0.186. The number of rotatable bonds is 7. The summed E-state index contributed by atoms with van der Waals surface area (Å²) in [7, 11) is 0. The molecule has 1 aliphatic rings. The van der Waals surface area contributed by atoms with Crippen molar-refractivity contribution in [2.24, 2.45) is 5.73 Å². The molecule has 4 heterocycles. The van der Waals surface area contributed by atoms with Gasteiger partial charge in [0, 0.05) is 24.9 Å². The Morgan fingerprint density at radius 2 is 2.21 bits per heavy atom. The number of hydrogen-bond donors (Lipinski definition) is 3. The Hall–Kier alpha value is -3.71. The van der Waals surface area contributed by atoms with Crippen molar-refractivity contribution >= 4 is 11.6 Å². The van der Waals surface area contributed by atoms with E-state index in [-0.39, 0.29) is 5.69 Å². The van der Waals surface area contributed by atoms with E-state index in [2.05, 4.69) is 30.5 Å². The maximum absolute atomic E-state index is 9.15. The zero-order valence-corrected chi connectivity index (χ0v) is 15.0. The molecule has 3 aromatic heterocycles. The second-order valence-corrected chi connectivity index (χ2v) is 6.02. The predicted molar refractivity (Wildman–Crippen MR) is 100 cm³/mol. The topological polar surface area (TPSA) is 148 Å². The molecule has 1 aliphatic heterocycles. The van der Waals surface area contributed by atoms with Gasteiger partial charge in [0.15, 0.2) is 28.8 Å². The average Bonchev–Trinajstić information content (AvgIpc) is 3.38. The predicted octanol–water partition coefficient (Wildman–Crippen LogP) is 1.54. The number of aromatic nitrogens is 5. The molecular weight excluding hydrogens is 360 g/mol. The Balaban J connectivity index is 1.66. The van der Waals surface area contributed by atoms with E-state index in [1.807, 2.05) is 6.07 Å². The van der Waals surface area contributed by atoms with Crippen molar-refractivity contribution in [3.05, 3.63) is 36.0 Å². The highest BCUT2D eigenvalue weighted by atomic mass is 16.5. The Bertz CT molecular complexity index is 1030. The van der Waals surface area contributed by atoms with Crippen LogP contribution in [-0.2, 0) is 6.42 Å². The number of pyridine rings is 1. The number of nitrogens with one attached hydrogen (secondary N) is 2. The second kappa shape index (κ2) is 7.89. The van der Waals surface area contributed by atoms with Crippen LogP contribution in [0.1, 0.15) is 17.8 Å². The molecule has 10 nitrogen and oxygen atoms in total. The number of nitrogens with zero attached hydrogens (tertiary/aromatic N) is 5. The fraction of sp³-hybridized carbons (Fsp3) is 0.278. The number of H-pyrrole nitrogens is 1. The van der Waals surface area contributed by atoms with Gasteiger partial charge in [0.05, 0.1) is 36.4 Å². The first-order chi connectivity index (χ1) is 13.8. The van der Waals surface area contributed by atoms with Crippen LogP contribution in [0.4, 0.5) is 11.6 Å². The van der Waals surface area contributed by atoms with Gasteiger partial charge in [0.2, 0.25) is 0 Å². The van der Waals surface area contributed by atoms with Gasteiger partial charge in [0.25, 0.3) is 0 Å². The number of aromatic amines is 1. The molecule has 0 aliphatic carbocycles. The van der Waals surface area contributed by atoms with Crippen molar-refractivity contribution in [2.75, 3.05) is 25.1 Å². The summed E-state index contributed by atoms with van der Waals surface area (Å²) in [5, 5.41) is 19.4. The summed E-state index contributed by atoms with van der Waals surface area (Å²) in [6.07, 6.45) is 6.14. The summed E-state index contributed by atoms with van der Waals surface area (Å²) in [6.45, 7) is 1.60. The largest absolute Gasteiger partial charge is 0.491 e. The van der Waals surface area contributed by atoms with Crippen molar-refractivity contribution in [2.45, 2.75) is 12.8 Å². The van der Waals surface area contributed by atoms with E-state index in [1.165, 1.54) is 12.4 Å². The lowest BCUT2D eigenvalue weighted by molar-refractivity contribution is 0.310. The zero-order chi connectivity index (χ0) is 19.3. The summed E-state index contributed by atoms with van der Waals surface area (Å²) in [6, 6.07) is 3.79. The number of nitriles is 1. The van der Waals surface area contributed by atoms with Crippen LogP contribution in [-0.4, -0.2) is 44.9 Å². The van der Waals surface area contributed by atoms with Crippen molar-refractivity contribution in [1.82, 2.24) is 25.1 Å². The van der Waals surface area contributed by atoms with Gasteiger partial charge in [0.1, 0.15) is 6.07 Å². The van der Waals surface area contributed by atoms with Crippen LogP contribution in [0, 0.1) is 11.3 Å². The molecule has 0 unspecified atom stereocenters. The van der Waals surface area contributed by atoms with Crippen LogP contribution in [0.3, 0.4) is 0 Å². The first kappa shape index (κ1) is 17.7. The third-order valence-corrected chi connectivity index (χ3v) is 4.16. The molecule has 4 rings (SSSR count). The number of nitrogens with two attached hydrogens (primary N) is 1. The van der Waals surface area contributed by atoms with Crippen LogP contribution in [0.15, 0.2) is 24.7 Å². The number of hydrogen-bond acceptors (Lipinski definition) is 9. The number of anilines is 2. The van der Waals surface area contributed by atoms with Crippen molar-refractivity contribution in [3.8, 4) is 28.8 Å². The molecule has 28 heavy (non-hydrogen) atoms. The molecule has 0 spiro atoms. The molecule has 0 amide bonds. The summed E-state index contributed by atoms with van der Waals surface area (Å²) in [5.41, 5.74) is 8.09. The third kappa shape index (κ3) is 3.43. The van der Waals surface area contributed by atoms with Gasteiger partial charge < -0.3 is 20.5 Å². The van der Waals surface area contributed by atoms with Gasteiger partial charge in [-0.1, -0.05) is 0 Å². The molecule has 0 radical (unpaired) electrons. The molecule has 0 atom stereocenters. The molecular formula is C18H18N8O2. The van der Waals surface area contributed by atoms with E-state index in [9.17, 15) is 0 Å². The Labute approximate surface area is 160 Å². The van der Waals surface area contributed by atoms with Gasteiger partial charge in [-0.05, 0) is 13.0 Å². The Kier molecular flexibility index (Phi) is 4.99. The Morgan fingerprint density at radius 3 is 3.07 bits per heavy atom. The van der Waals surface area contributed by atoms with E-state index >= 15 is 0 Å². The SMILES string of the molecule is N#Cc1nccnc1Nc1cc(-c2c(OCCCN)cnc3c2OCC3)[nH]n1. The number of fused-ring (bicyclic) bond motifs is 1. The van der Waals surface area contributed by atoms with E-state index < -0.39 is 0 Å². The minimum atomic E-state index is 0.186. The molecule has 10 heteroatoms. The summed E-state index contributed by atoms with van der Waals surface area (Å²) >= 11 is 0. The number of ether oxygens (including phenoxy) is 2. The maximum Gasteiger partial charge on any atom is 0.183 e. The molecule has 0 bridgehead atoms. The maximum atomic E-state index is 9.15. The molecule has 0 saturated heterocycles. The van der Waals surface area contributed by atoms with E-state index in [1.54, 1.807) is 12.3 Å². The van der Waals surface area contributed by atoms with E-state index in [0.29, 0.717) is 48.6 Å². The smallest absolute Gasteiger partial charge is 0.183 e. The lowest BCUT2D eigenvalue weighted by Gasteiger charge is -2.13. The Morgan fingerprint density at radius 1 is 1.32 bits per heavy atom. The zero-order valence-electron chi connectivity index (χ0n) is 15.0. The van der Waals surface area contributed by atoms with Crippen molar-refractivity contribution < 1.29 is 9.47 Å². The molecule has 142 valence electrons. The van der Waals surface area contributed by atoms with Gasteiger partial charge >= 0.3 is 0 Å². The first-order valence-electron chi connectivity index (χ1n) is 8.81. The lowest BCUT2D eigenvalue weighted by Crippen LogP contribution is -2.07. The van der Waals surface area contributed by atoms with E-state index in [4.69, 9.17) is 20.5 Å². The van der Waals surface area contributed by atoms with Crippen LogP contribution in [0.25, 0.3) is 11.3 Å². The van der Waals surface area contributed by atoms with Gasteiger partial charge in [-0.15, -0.1) is 0 Å². The first-order valence-corrected chi connectivity index (χ1v) is 8.81. The van der Waals surface area contributed by atoms with E-state index in [0.717, 1.165) is 24.1 Å². The molecule has 0 aromatic carbocycles. The van der Waals surface area contributed by atoms with Crippen molar-refractivity contribution in [1.29, 1.82) is 5.26 Å². The average molecular weight is 378 g/mol. The fourth-order valence-corrected chi connectivity index (χ4v) is 2.88. The van der Waals surface area contributed by atoms with Crippen LogP contribution in [0.5, 0.6) is 11.5 Å². The molecule has 3 aromatic rings. The normalized spacial score (nSPS) is 12.1. The highest BCUT2D eigenvalue weighted by Gasteiger charge is 2.24. The minimum Gasteiger partial charge on any atom is -0.491 e. The summed E-state index contributed by atoms with van der Waals surface area (Å²) < 4.78 is 11.7. The quantitative estimate of drug-likeness (QED) is 0.521. The lowest BCUT2D eigenvalue weighted by atomic mass is 10.1. The highest BCUT2D eigenvalue weighted by Crippen LogP contribution is 2.42. The standard InChI is InChI=1S/C18H18N8O2/c19-3-1-6-27-14-10-23-11-2-7-28-17(11)16(14)12-8-15(26-25-12)24-18-13(9-20)21-4-5-22-18/h4-5,8,10H,1-3,6-7,19H2,(H2,22,24,25,26). The summed E-state index contributed by atoms with van der Waals surface area (Å²) in [4.78, 5) is 12.5. The van der Waals surface area contributed by atoms with Crippen molar-refractivity contribution in [3.63, 3.8) is 0 Å².